The minimum atomic E-state index is 0.501. The fourth-order valence-electron chi connectivity index (χ4n) is 3.86. The number of rotatable bonds is 2. The van der Waals surface area contributed by atoms with Crippen LogP contribution in [0.15, 0.2) is 0 Å². The first-order valence-corrected chi connectivity index (χ1v) is 6.03. The van der Waals surface area contributed by atoms with E-state index in [0.717, 1.165) is 12.5 Å². The highest BCUT2D eigenvalue weighted by Crippen LogP contribution is 2.70. The summed E-state index contributed by atoms with van der Waals surface area (Å²) < 4.78 is 0. The fraction of sp³-hybridized carbons (Fsp3) is 1.00. The maximum Gasteiger partial charge on any atom is -0.00125 e. The summed E-state index contributed by atoms with van der Waals surface area (Å²) in [5, 5.41) is 0. The predicted molar refractivity (Wildman–Crippen MR) is 61.0 cm³/mol. The molecule has 0 aliphatic heterocycles. The molecule has 2 aliphatic rings. The van der Waals surface area contributed by atoms with Gasteiger partial charge >= 0.3 is 0 Å². The first kappa shape index (κ1) is 10.5. The van der Waals surface area contributed by atoms with Crippen molar-refractivity contribution < 1.29 is 0 Å². The summed E-state index contributed by atoms with van der Waals surface area (Å²) in [7, 11) is 0. The standard InChI is InChI=1S/C13H25N/c1-11(2)6-5-10(7-11)13(9-14)8-12(13,3)4/h10H,5-9,14H2,1-4H3. The lowest BCUT2D eigenvalue weighted by Gasteiger charge is -2.27. The van der Waals surface area contributed by atoms with Gasteiger partial charge in [-0.3, -0.25) is 0 Å². The molecule has 2 aliphatic carbocycles. The van der Waals surface area contributed by atoms with Crippen LogP contribution in [0.3, 0.4) is 0 Å². The molecule has 2 rings (SSSR count). The van der Waals surface area contributed by atoms with Gasteiger partial charge in [-0.05, 0) is 54.4 Å². The van der Waals surface area contributed by atoms with Crippen molar-refractivity contribution in [1.29, 1.82) is 0 Å². The number of hydrogen-bond donors (Lipinski definition) is 1. The van der Waals surface area contributed by atoms with E-state index in [9.17, 15) is 0 Å². The van der Waals surface area contributed by atoms with E-state index < -0.39 is 0 Å². The van der Waals surface area contributed by atoms with E-state index >= 15 is 0 Å². The lowest BCUT2D eigenvalue weighted by atomic mass is 9.79. The lowest BCUT2D eigenvalue weighted by molar-refractivity contribution is 0.233. The molecule has 0 aromatic rings. The maximum atomic E-state index is 6.01. The van der Waals surface area contributed by atoms with Crippen LogP contribution >= 0.6 is 0 Å². The third kappa shape index (κ3) is 1.32. The average molecular weight is 195 g/mol. The fourth-order valence-corrected chi connectivity index (χ4v) is 3.86. The Morgan fingerprint density at radius 3 is 2.07 bits per heavy atom. The Morgan fingerprint density at radius 1 is 1.21 bits per heavy atom. The van der Waals surface area contributed by atoms with Gasteiger partial charge in [0.15, 0.2) is 0 Å². The van der Waals surface area contributed by atoms with Crippen molar-refractivity contribution in [2.24, 2.45) is 27.9 Å². The number of nitrogens with two attached hydrogens (primary N) is 1. The molecule has 0 spiro atoms. The predicted octanol–water partition coefficient (Wildman–Crippen LogP) is 3.19. The third-order valence-corrected chi connectivity index (χ3v) is 5.09. The minimum Gasteiger partial charge on any atom is -0.330 e. The summed E-state index contributed by atoms with van der Waals surface area (Å²) in [6.07, 6.45) is 5.56. The van der Waals surface area contributed by atoms with E-state index in [2.05, 4.69) is 27.7 Å². The molecular weight excluding hydrogens is 170 g/mol. The van der Waals surface area contributed by atoms with Crippen LogP contribution in [-0.4, -0.2) is 6.54 Å². The second-order valence-corrected chi connectivity index (χ2v) is 7.02. The van der Waals surface area contributed by atoms with Crippen molar-refractivity contribution >= 4 is 0 Å². The van der Waals surface area contributed by atoms with E-state index in [-0.39, 0.29) is 0 Å². The van der Waals surface area contributed by atoms with Gasteiger partial charge in [0, 0.05) is 0 Å². The first-order valence-electron chi connectivity index (χ1n) is 6.03. The zero-order chi connectivity index (χ0) is 10.6. The molecule has 1 heteroatoms. The van der Waals surface area contributed by atoms with Gasteiger partial charge in [-0.25, -0.2) is 0 Å². The van der Waals surface area contributed by atoms with E-state index in [0.29, 0.717) is 16.2 Å². The molecule has 2 fully saturated rings. The maximum absolute atomic E-state index is 6.01. The SMILES string of the molecule is CC1(C)CCC(C2(CN)CC2(C)C)C1. The van der Waals surface area contributed by atoms with Crippen LogP contribution in [0.5, 0.6) is 0 Å². The highest BCUT2D eigenvalue weighted by atomic mass is 14.8. The molecule has 0 heterocycles. The molecule has 1 nitrogen and oxygen atoms in total. The van der Waals surface area contributed by atoms with Crippen LogP contribution < -0.4 is 5.73 Å². The summed E-state index contributed by atoms with van der Waals surface area (Å²) in [6, 6.07) is 0. The highest BCUT2D eigenvalue weighted by molar-refractivity contribution is 5.14. The van der Waals surface area contributed by atoms with E-state index in [4.69, 9.17) is 5.73 Å². The second-order valence-electron chi connectivity index (χ2n) is 7.02. The Labute approximate surface area is 88.4 Å². The molecule has 0 amide bonds. The van der Waals surface area contributed by atoms with Gasteiger partial charge < -0.3 is 5.73 Å². The Balaban J connectivity index is 2.10. The van der Waals surface area contributed by atoms with E-state index in [1.165, 1.54) is 25.7 Å². The summed E-state index contributed by atoms with van der Waals surface area (Å²) in [4.78, 5) is 0. The van der Waals surface area contributed by atoms with Crippen LogP contribution in [0.25, 0.3) is 0 Å². The topological polar surface area (TPSA) is 26.0 Å². The van der Waals surface area contributed by atoms with Gasteiger partial charge in [-0.2, -0.15) is 0 Å². The third-order valence-electron chi connectivity index (χ3n) is 5.09. The first-order chi connectivity index (χ1) is 6.33. The Hall–Kier alpha value is -0.0400. The molecule has 0 bridgehead atoms. The summed E-state index contributed by atoms with van der Waals surface area (Å²) in [5.74, 6) is 0.900. The Bertz CT molecular complexity index is 242. The zero-order valence-corrected chi connectivity index (χ0v) is 10.2. The van der Waals surface area contributed by atoms with Crippen LogP contribution in [0.2, 0.25) is 0 Å². The quantitative estimate of drug-likeness (QED) is 0.719. The largest absolute Gasteiger partial charge is 0.330 e. The van der Waals surface area contributed by atoms with Crippen molar-refractivity contribution in [1.82, 2.24) is 0 Å². The van der Waals surface area contributed by atoms with E-state index in [1.54, 1.807) is 0 Å². The smallest absolute Gasteiger partial charge is 0.00125 e. The summed E-state index contributed by atoms with van der Waals surface area (Å²) in [5.41, 5.74) is 7.61. The second kappa shape index (κ2) is 2.75. The van der Waals surface area contributed by atoms with Crippen molar-refractivity contribution in [2.75, 3.05) is 6.54 Å². The Morgan fingerprint density at radius 2 is 1.79 bits per heavy atom. The molecule has 82 valence electrons. The van der Waals surface area contributed by atoms with Gasteiger partial charge in [-0.1, -0.05) is 27.7 Å². The van der Waals surface area contributed by atoms with Crippen molar-refractivity contribution in [3.63, 3.8) is 0 Å². The molecule has 0 radical (unpaired) electrons. The van der Waals surface area contributed by atoms with E-state index in [1.807, 2.05) is 0 Å². The highest BCUT2D eigenvalue weighted by Gasteiger charge is 2.64. The molecule has 0 aromatic heterocycles. The lowest BCUT2D eigenvalue weighted by Crippen LogP contribution is -2.28. The van der Waals surface area contributed by atoms with Gasteiger partial charge in [0.25, 0.3) is 0 Å². The average Bonchev–Trinajstić information content (AvgIpc) is 2.43. The van der Waals surface area contributed by atoms with Crippen LogP contribution in [0, 0.1) is 22.2 Å². The van der Waals surface area contributed by atoms with Crippen molar-refractivity contribution in [2.45, 2.75) is 53.4 Å². The van der Waals surface area contributed by atoms with Gasteiger partial charge in [0.2, 0.25) is 0 Å². The summed E-state index contributed by atoms with van der Waals surface area (Å²) >= 11 is 0. The normalized spacial score (nSPS) is 43.9. The minimum absolute atomic E-state index is 0.501. The van der Waals surface area contributed by atoms with Gasteiger partial charge in [0.05, 0.1) is 0 Å². The monoisotopic (exact) mass is 195 g/mol. The van der Waals surface area contributed by atoms with Crippen LogP contribution in [0.1, 0.15) is 53.4 Å². The van der Waals surface area contributed by atoms with Crippen LogP contribution in [0.4, 0.5) is 0 Å². The molecule has 0 aromatic carbocycles. The van der Waals surface area contributed by atoms with Crippen LogP contribution in [-0.2, 0) is 0 Å². The molecule has 2 atom stereocenters. The number of hydrogen-bond acceptors (Lipinski definition) is 1. The van der Waals surface area contributed by atoms with Crippen molar-refractivity contribution in [3.8, 4) is 0 Å². The molecule has 14 heavy (non-hydrogen) atoms. The molecular formula is C13H25N. The molecule has 2 unspecified atom stereocenters. The zero-order valence-electron chi connectivity index (χ0n) is 10.2. The van der Waals surface area contributed by atoms with Gasteiger partial charge in [-0.15, -0.1) is 0 Å². The molecule has 0 saturated heterocycles. The Kier molecular flexibility index (Phi) is 2.06. The van der Waals surface area contributed by atoms with Gasteiger partial charge in [0.1, 0.15) is 0 Å². The molecule has 2 N–H and O–H groups in total. The summed E-state index contributed by atoms with van der Waals surface area (Å²) in [6.45, 7) is 10.5. The van der Waals surface area contributed by atoms with Crippen molar-refractivity contribution in [3.05, 3.63) is 0 Å². The molecule has 2 saturated carbocycles.